The molecule has 0 aliphatic rings. The standard InChI is InChI=1S/C14H17N3O2/c1-3-7-15-12(18)8-17-9-16-13-10(2)5-4-6-11(13)14(17)19/h4-6,9H,3,7-8H2,1-2H3,(H,15,18). The predicted octanol–water partition coefficient (Wildman–Crippen LogP) is 1.23. The fourth-order valence-electron chi connectivity index (χ4n) is 1.93. The van der Waals surface area contributed by atoms with E-state index in [1.54, 1.807) is 6.07 Å². The van der Waals surface area contributed by atoms with E-state index in [4.69, 9.17) is 0 Å². The highest BCUT2D eigenvalue weighted by molar-refractivity contribution is 5.81. The first-order valence-corrected chi connectivity index (χ1v) is 6.35. The second-order valence-electron chi connectivity index (χ2n) is 4.50. The van der Waals surface area contributed by atoms with Crippen LogP contribution < -0.4 is 10.9 Å². The maximum atomic E-state index is 12.2. The summed E-state index contributed by atoms with van der Waals surface area (Å²) in [6, 6.07) is 5.47. The van der Waals surface area contributed by atoms with E-state index in [2.05, 4.69) is 10.3 Å². The van der Waals surface area contributed by atoms with E-state index in [9.17, 15) is 9.59 Å². The first kappa shape index (κ1) is 13.3. The van der Waals surface area contributed by atoms with Gasteiger partial charge < -0.3 is 5.32 Å². The van der Waals surface area contributed by atoms with Crippen molar-refractivity contribution in [3.05, 3.63) is 40.4 Å². The maximum Gasteiger partial charge on any atom is 0.261 e. The molecule has 0 aliphatic heterocycles. The zero-order valence-electron chi connectivity index (χ0n) is 11.1. The van der Waals surface area contributed by atoms with Crippen molar-refractivity contribution in [1.29, 1.82) is 0 Å². The highest BCUT2D eigenvalue weighted by Gasteiger charge is 2.08. The van der Waals surface area contributed by atoms with Crippen LogP contribution in [0.4, 0.5) is 0 Å². The summed E-state index contributed by atoms with van der Waals surface area (Å²) in [4.78, 5) is 28.1. The summed E-state index contributed by atoms with van der Waals surface area (Å²) >= 11 is 0. The van der Waals surface area contributed by atoms with Crippen LogP contribution >= 0.6 is 0 Å². The minimum absolute atomic E-state index is 0.00964. The molecule has 1 heterocycles. The van der Waals surface area contributed by atoms with Gasteiger partial charge in [0.05, 0.1) is 17.2 Å². The third kappa shape index (κ3) is 2.81. The molecule has 0 atom stereocenters. The summed E-state index contributed by atoms with van der Waals surface area (Å²) in [7, 11) is 0. The van der Waals surface area contributed by atoms with E-state index < -0.39 is 0 Å². The monoisotopic (exact) mass is 259 g/mol. The van der Waals surface area contributed by atoms with Crippen molar-refractivity contribution < 1.29 is 4.79 Å². The van der Waals surface area contributed by atoms with E-state index in [-0.39, 0.29) is 18.0 Å². The molecule has 0 saturated heterocycles. The van der Waals surface area contributed by atoms with Crippen LogP contribution in [0.1, 0.15) is 18.9 Å². The van der Waals surface area contributed by atoms with Gasteiger partial charge in [0, 0.05) is 6.54 Å². The Balaban J connectivity index is 2.33. The third-order valence-corrected chi connectivity index (χ3v) is 2.94. The van der Waals surface area contributed by atoms with Gasteiger partial charge in [-0.25, -0.2) is 4.98 Å². The van der Waals surface area contributed by atoms with Crippen LogP contribution in [-0.4, -0.2) is 22.0 Å². The molecule has 19 heavy (non-hydrogen) atoms. The Kier molecular flexibility index (Phi) is 3.94. The van der Waals surface area contributed by atoms with Gasteiger partial charge in [0.25, 0.3) is 5.56 Å². The lowest BCUT2D eigenvalue weighted by molar-refractivity contribution is -0.121. The number of carbonyl (C=O) groups excluding carboxylic acids is 1. The van der Waals surface area contributed by atoms with Crippen molar-refractivity contribution >= 4 is 16.8 Å². The van der Waals surface area contributed by atoms with Crippen molar-refractivity contribution in [3.8, 4) is 0 Å². The molecule has 1 aromatic carbocycles. The summed E-state index contributed by atoms with van der Waals surface area (Å²) in [5, 5.41) is 3.29. The number of fused-ring (bicyclic) bond motifs is 1. The normalized spacial score (nSPS) is 10.6. The van der Waals surface area contributed by atoms with Crippen molar-refractivity contribution in [3.63, 3.8) is 0 Å². The van der Waals surface area contributed by atoms with Crippen molar-refractivity contribution in [2.24, 2.45) is 0 Å². The highest BCUT2D eigenvalue weighted by Crippen LogP contribution is 2.10. The fourth-order valence-corrected chi connectivity index (χ4v) is 1.93. The van der Waals surface area contributed by atoms with E-state index in [0.717, 1.165) is 12.0 Å². The Labute approximate surface area is 111 Å². The van der Waals surface area contributed by atoms with Gasteiger partial charge in [0.1, 0.15) is 6.54 Å². The number of hydrogen-bond acceptors (Lipinski definition) is 3. The van der Waals surface area contributed by atoms with Gasteiger partial charge in [-0.2, -0.15) is 0 Å². The summed E-state index contributed by atoms with van der Waals surface area (Å²) in [5.74, 6) is -0.169. The van der Waals surface area contributed by atoms with Gasteiger partial charge in [0.15, 0.2) is 0 Å². The Hall–Kier alpha value is -2.17. The number of aryl methyl sites for hydroxylation is 1. The number of hydrogen-bond donors (Lipinski definition) is 1. The molecular formula is C14H17N3O2. The molecule has 5 nitrogen and oxygen atoms in total. The zero-order chi connectivity index (χ0) is 13.8. The average molecular weight is 259 g/mol. The van der Waals surface area contributed by atoms with E-state index >= 15 is 0 Å². The van der Waals surface area contributed by atoms with Crippen molar-refractivity contribution in [2.75, 3.05) is 6.54 Å². The van der Waals surface area contributed by atoms with Gasteiger partial charge in [-0.1, -0.05) is 19.1 Å². The van der Waals surface area contributed by atoms with Gasteiger partial charge in [-0.15, -0.1) is 0 Å². The van der Waals surface area contributed by atoms with Gasteiger partial charge >= 0.3 is 0 Å². The second-order valence-corrected chi connectivity index (χ2v) is 4.50. The van der Waals surface area contributed by atoms with Crippen molar-refractivity contribution in [1.82, 2.24) is 14.9 Å². The first-order valence-electron chi connectivity index (χ1n) is 6.35. The zero-order valence-corrected chi connectivity index (χ0v) is 11.1. The molecular weight excluding hydrogens is 242 g/mol. The van der Waals surface area contributed by atoms with Crippen LogP contribution in [0.2, 0.25) is 0 Å². The summed E-state index contributed by atoms with van der Waals surface area (Å²) in [5.41, 5.74) is 1.47. The molecule has 0 spiro atoms. The molecule has 100 valence electrons. The van der Waals surface area contributed by atoms with Crippen LogP contribution in [0.15, 0.2) is 29.3 Å². The van der Waals surface area contributed by atoms with Crippen LogP contribution in [0.3, 0.4) is 0 Å². The Morgan fingerprint density at radius 1 is 1.42 bits per heavy atom. The molecule has 0 saturated carbocycles. The summed E-state index contributed by atoms with van der Waals surface area (Å²) in [6.07, 6.45) is 2.30. The quantitative estimate of drug-likeness (QED) is 0.898. The smallest absolute Gasteiger partial charge is 0.261 e. The molecule has 1 N–H and O–H groups in total. The Morgan fingerprint density at radius 3 is 2.95 bits per heavy atom. The summed E-state index contributed by atoms with van der Waals surface area (Å²) in [6.45, 7) is 4.52. The van der Waals surface area contributed by atoms with Crippen LogP contribution in [0, 0.1) is 6.92 Å². The Morgan fingerprint density at radius 2 is 2.21 bits per heavy atom. The van der Waals surface area contributed by atoms with E-state index in [1.165, 1.54) is 10.9 Å². The van der Waals surface area contributed by atoms with Gasteiger partial charge in [-0.3, -0.25) is 14.2 Å². The number of nitrogens with one attached hydrogen (secondary N) is 1. The lowest BCUT2D eigenvalue weighted by Gasteiger charge is -2.08. The van der Waals surface area contributed by atoms with E-state index in [1.807, 2.05) is 26.0 Å². The number of nitrogens with zero attached hydrogens (tertiary/aromatic N) is 2. The average Bonchev–Trinajstić information content (AvgIpc) is 2.40. The number of rotatable bonds is 4. The molecule has 0 aliphatic carbocycles. The Bertz CT molecular complexity index is 661. The molecule has 5 heteroatoms. The van der Waals surface area contributed by atoms with Gasteiger partial charge in [0.2, 0.25) is 5.91 Å². The van der Waals surface area contributed by atoms with Crippen LogP contribution in [-0.2, 0) is 11.3 Å². The maximum absolute atomic E-state index is 12.2. The molecule has 0 fully saturated rings. The number of aromatic nitrogens is 2. The molecule has 1 aromatic heterocycles. The lowest BCUT2D eigenvalue weighted by atomic mass is 10.1. The predicted molar refractivity (Wildman–Crippen MR) is 74.0 cm³/mol. The minimum atomic E-state index is -0.180. The van der Waals surface area contributed by atoms with Crippen LogP contribution in [0.5, 0.6) is 0 Å². The highest BCUT2D eigenvalue weighted by atomic mass is 16.2. The molecule has 2 aromatic rings. The number of amides is 1. The third-order valence-electron chi connectivity index (χ3n) is 2.94. The van der Waals surface area contributed by atoms with E-state index in [0.29, 0.717) is 17.4 Å². The van der Waals surface area contributed by atoms with Gasteiger partial charge in [-0.05, 0) is 25.0 Å². The second kappa shape index (κ2) is 5.65. The first-order chi connectivity index (χ1) is 9.13. The fraction of sp³-hybridized carbons (Fsp3) is 0.357. The van der Waals surface area contributed by atoms with Crippen LogP contribution in [0.25, 0.3) is 10.9 Å². The molecule has 0 radical (unpaired) electrons. The largest absolute Gasteiger partial charge is 0.355 e. The summed E-state index contributed by atoms with van der Waals surface area (Å²) < 4.78 is 1.34. The molecule has 0 bridgehead atoms. The van der Waals surface area contributed by atoms with Crippen molar-refractivity contribution in [2.45, 2.75) is 26.8 Å². The SMILES string of the molecule is CCCNC(=O)Cn1cnc2c(C)cccc2c1=O. The number of para-hydroxylation sites is 1. The topological polar surface area (TPSA) is 64.0 Å². The minimum Gasteiger partial charge on any atom is -0.355 e. The molecule has 1 amide bonds. The lowest BCUT2D eigenvalue weighted by Crippen LogP contribution is -2.32. The molecule has 2 rings (SSSR count). The number of carbonyl (C=O) groups is 1. The number of benzene rings is 1. The molecule has 0 unspecified atom stereocenters.